The van der Waals surface area contributed by atoms with E-state index in [0.29, 0.717) is 5.75 Å². The van der Waals surface area contributed by atoms with Gasteiger partial charge in [-0.25, -0.2) is 0 Å². The van der Waals surface area contributed by atoms with Crippen molar-refractivity contribution in [3.63, 3.8) is 0 Å². The topological polar surface area (TPSA) is 44.6 Å². The van der Waals surface area contributed by atoms with E-state index in [2.05, 4.69) is 44.8 Å². The molecule has 0 saturated carbocycles. The molecule has 126 valence electrons. The Morgan fingerprint density at radius 3 is 2.56 bits per heavy atom. The van der Waals surface area contributed by atoms with Crippen LogP contribution in [0.1, 0.15) is 34.6 Å². The van der Waals surface area contributed by atoms with Crippen LogP contribution < -0.4 is 5.32 Å². The highest BCUT2D eigenvalue weighted by Gasteiger charge is 2.27. The van der Waals surface area contributed by atoms with Crippen LogP contribution in [-0.4, -0.2) is 10.8 Å². The number of aliphatic imine (C=N–C) groups is 1. The summed E-state index contributed by atoms with van der Waals surface area (Å²) in [6.45, 7) is 0. The predicted molar refractivity (Wildman–Crippen MR) is 106 cm³/mol. The molecule has 0 unspecified atom stereocenters. The average molecular weight is 413 g/mol. The summed E-state index contributed by atoms with van der Waals surface area (Å²) in [5.41, 5.74) is 3.10. The van der Waals surface area contributed by atoms with Crippen LogP contribution in [0, 0.1) is 0 Å². The summed E-state index contributed by atoms with van der Waals surface area (Å²) in [5.74, 6) is 0.321. The molecule has 0 fully saturated rings. The largest absolute Gasteiger partial charge is 0.508 e. The van der Waals surface area contributed by atoms with Gasteiger partial charge < -0.3 is 5.11 Å². The third kappa shape index (κ3) is 3.54. The van der Waals surface area contributed by atoms with Crippen LogP contribution in [0.2, 0.25) is 0 Å². The quantitative estimate of drug-likeness (QED) is 0.601. The van der Waals surface area contributed by atoms with E-state index in [1.54, 1.807) is 17.4 Å². The summed E-state index contributed by atoms with van der Waals surface area (Å²) in [6.07, 6.45) is 0.619. The van der Waals surface area contributed by atoms with E-state index in [-0.39, 0.29) is 12.2 Å². The van der Waals surface area contributed by atoms with E-state index < -0.39 is 0 Å². The monoisotopic (exact) mass is 412 g/mol. The number of rotatable bonds is 3. The normalized spacial score (nSPS) is 20.3. The number of nitrogens with one attached hydrogen (secondary N) is 1. The molecule has 3 nitrogen and oxygen atoms in total. The highest BCUT2D eigenvalue weighted by Crippen LogP contribution is 2.35. The van der Waals surface area contributed by atoms with E-state index in [1.165, 1.54) is 4.88 Å². The molecule has 1 aliphatic heterocycles. The first-order valence-electron chi connectivity index (χ1n) is 8.10. The first-order valence-corrected chi connectivity index (χ1v) is 9.78. The van der Waals surface area contributed by atoms with Gasteiger partial charge in [-0.05, 0) is 35.2 Å². The summed E-state index contributed by atoms with van der Waals surface area (Å²) < 4.78 is 1.05. The Morgan fingerprint density at radius 1 is 1.04 bits per heavy atom. The van der Waals surface area contributed by atoms with Crippen molar-refractivity contribution in [3.8, 4) is 5.75 Å². The maximum Gasteiger partial charge on any atom is 0.126 e. The maximum atomic E-state index is 10.3. The lowest BCUT2D eigenvalue weighted by atomic mass is 9.96. The lowest BCUT2D eigenvalue weighted by molar-refractivity contribution is 0.413. The van der Waals surface area contributed by atoms with Gasteiger partial charge in [0, 0.05) is 27.4 Å². The third-order valence-corrected chi connectivity index (χ3v) is 5.79. The average Bonchev–Trinajstić information content (AvgIpc) is 3.17. The number of phenolic OH excluding ortho intramolecular Hbond substituents is 1. The van der Waals surface area contributed by atoms with Gasteiger partial charge in [0.15, 0.2) is 0 Å². The van der Waals surface area contributed by atoms with E-state index >= 15 is 0 Å². The zero-order valence-electron chi connectivity index (χ0n) is 13.4. The minimum absolute atomic E-state index is 0.0180. The van der Waals surface area contributed by atoms with E-state index in [0.717, 1.165) is 27.7 Å². The number of phenols is 1. The molecule has 3 aromatic rings. The molecule has 5 heteroatoms. The van der Waals surface area contributed by atoms with Crippen LogP contribution >= 0.6 is 27.3 Å². The zero-order valence-corrected chi connectivity index (χ0v) is 15.8. The molecular formula is C20H17BrN2OS. The van der Waals surface area contributed by atoms with Crippen molar-refractivity contribution in [1.82, 2.24) is 5.32 Å². The molecule has 1 aromatic heterocycles. The number of hydrogen-bond acceptors (Lipinski definition) is 4. The minimum Gasteiger partial charge on any atom is -0.508 e. The van der Waals surface area contributed by atoms with E-state index in [9.17, 15) is 5.11 Å². The summed E-state index contributed by atoms with van der Waals surface area (Å²) in [7, 11) is 0. The van der Waals surface area contributed by atoms with Gasteiger partial charge in [-0.3, -0.25) is 10.3 Å². The Hall–Kier alpha value is -1.95. The number of hydrogen-bond donors (Lipinski definition) is 2. The Bertz CT molecular complexity index is 890. The van der Waals surface area contributed by atoms with Crippen molar-refractivity contribution < 1.29 is 5.11 Å². The molecule has 2 aromatic carbocycles. The summed E-state index contributed by atoms with van der Waals surface area (Å²) in [6, 6.07) is 19.9. The van der Waals surface area contributed by atoms with Gasteiger partial charge in [-0.1, -0.05) is 52.3 Å². The van der Waals surface area contributed by atoms with Gasteiger partial charge in [-0.2, -0.15) is 0 Å². The fourth-order valence-electron chi connectivity index (χ4n) is 3.09. The van der Waals surface area contributed by atoms with Crippen LogP contribution in [0.25, 0.3) is 0 Å². The van der Waals surface area contributed by atoms with Crippen LogP contribution in [-0.2, 0) is 0 Å². The van der Waals surface area contributed by atoms with Gasteiger partial charge >= 0.3 is 0 Å². The lowest BCUT2D eigenvalue weighted by Crippen LogP contribution is -2.32. The standard InChI is InChI=1S/C20H17BrN2OS/c21-14-9-7-13(8-10-14)20-22-16(15-4-1-2-5-18(15)24)12-17(23-20)19-6-3-11-25-19/h1-11,16,20,22,24H,12H2/t16-,20-/m0/s1. The molecule has 4 rings (SSSR count). The first kappa shape index (κ1) is 16.5. The van der Waals surface area contributed by atoms with Gasteiger partial charge in [0.25, 0.3) is 0 Å². The second-order valence-electron chi connectivity index (χ2n) is 5.99. The minimum atomic E-state index is -0.136. The first-order chi connectivity index (χ1) is 12.2. The highest BCUT2D eigenvalue weighted by molar-refractivity contribution is 9.10. The zero-order chi connectivity index (χ0) is 17.2. The van der Waals surface area contributed by atoms with Gasteiger partial charge in [0.1, 0.15) is 11.9 Å². The van der Waals surface area contributed by atoms with Crippen LogP contribution in [0.5, 0.6) is 5.75 Å². The molecule has 2 N–H and O–H groups in total. The van der Waals surface area contributed by atoms with Crippen molar-refractivity contribution in [1.29, 1.82) is 0 Å². The smallest absolute Gasteiger partial charge is 0.126 e. The Labute approximate surface area is 159 Å². The molecule has 0 aliphatic carbocycles. The SMILES string of the molecule is Oc1ccccc1[C@@H]1CC(c2cccs2)=N[C@@H](c2ccc(Br)cc2)N1. The van der Waals surface area contributed by atoms with Crippen molar-refractivity contribution in [2.75, 3.05) is 0 Å². The molecule has 1 aliphatic rings. The van der Waals surface area contributed by atoms with Crippen LogP contribution in [0.3, 0.4) is 0 Å². The number of nitrogens with zero attached hydrogens (tertiary/aromatic N) is 1. The predicted octanol–water partition coefficient (Wildman–Crippen LogP) is 5.44. The second kappa shape index (κ2) is 7.12. The Morgan fingerprint density at radius 2 is 1.84 bits per heavy atom. The van der Waals surface area contributed by atoms with E-state index in [1.807, 2.05) is 36.4 Å². The van der Waals surface area contributed by atoms with Gasteiger partial charge in [-0.15, -0.1) is 11.3 Å². The lowest BCUT2D eigenvalue weighted by Gasteiger charge is -2.30. The molecule has 2 atom stereocenters. The van der Waals surface area contributed by atoms with Crippen molar-refractivity contribution in [2.45, 2.75) is 18.6 Å². The number of thiophene rings is 1. The molecule has 0 amide bonds. The van der Waals surface area contributed by atoms with Crippen molar-refractivity contribution in [2.24, 2.45) is 4.99 Å². The van der Waals surface area contributed by atoms with Crippen LogP contribution in [0.15, 0.2) is 75.5 Å². The van der Waals surface area contributed by atoms with Crippen LogP contribution in [0.4, 0.5) is 0 Å². The Kier molecular flexibility index (Phi) is 4.70. The molecule has 2 heterocycles. The fraction of sp³-hybridized carbons (Fsp3) is 0.150. The molecule has 0 bridgehead atoms. The molecule has 0 spiro atoms. The third-order valence-electron chi connectivity index (χ3n) is 4.34. The fourth-order valence-corrected chi connectivity index (χ4v) is 4.09. The van der Waals surface area contributed by atoms with Gasteiger partial charge in [0.2, 0.25) is 0 Å². The highest BCUT2D eigenvalue weighted by atomic mass is 79.9. The molecule has 25 heavy (non-hydrogen) atoms. The van der Waals surface area contributed by atoms with Crippen molar-refractivity contribution >= 4 is 33.0 Å². The summed E-state index contributed by atoms with van der Waals surface area (Å²) in [4.78, 5) is 6.13. The molecule has 0 saturated heterocycles. The number of aromatic hydroxyl groups is 1. The molecule has 0 radical (unpaired) electrons. The maximum absolute atomic E-state index is 10.3. The number of halogens is 1. The number of para-hydroxylation sites is 1. The van der Waals surface area contributed by atoms with Gasteiger partial charge in [0.05, 0.1) is 5.71 Å². The number of benzene rings is 2. The summed E-state index contributed by atoms with van der Waals surface area (Å²) >= 11 is 5.19. The molecular weight excluding hydrogens is 396 g/mol. The second-order valence-corrected chi connectivity index (χ2v) is 7.85. The van der Waals surface area contributed by atoms with Crippen molar-refractivity contribution in [3.05, 3.63) is 86.5 Å². The Balaban J connectivity index is 1.74. The van der Waals surface area contributed by atoms with E-state index in [4.69, 9.17) is 4.99 Å². The summed E-state index contributed by atoms with van der Waals surface area (Å²) in [5, 5.41) is 15.9.